The van der Waals surface area contributed by atoms with Crippen molar-refractivity contribution in [1.29, 1.82) is 0 Å². The van der Waals surface area contributed by atoms with Gasteiger partial charge in [-0.2, -0.15) is 0 Å². The van der Waals surface area contributed by atoms with Crippen molar-refractivity contribution in [2.75, 3.05) is 0 Å². The fourth-order valence-corrected chi connectivity index (χ4v) is 0.793. The number of hydrogen-bond donors (Lipinski definition) is 1. The highest BCUT2D eigenvalue weighted by molar-refractivity contribution is 5.88. The first-order valence-corrected chi connectivity index (χ1v) is 4.54. The second kappa shape index (κ2) is 6.17. The van der Waals surface area contributed by atoms with Gasteiger partial charge in [-0.15, -0.1) is 0 Å². The summed E-state index contributed by atoms with van der Waals surface area (Å²) in [7, 11) is 0. The zero-order chi connectivity index (χ0) is 13.7. The van der Waals surface area contributed by atoms with E-state index in [9.17, 15) is 26.7 Å². The van der Waals surface area contributed by atoms with Gasteiger partial charge >= 0.3 is 5.97 Å². The Morgan fingerprint density at radius 1 is 0.882 bits per heavy atom. The Labute approximate surface area is 93.7 Å². The van der Waals surface area contributed by atoms with Crippen LogP contribution in [0, 0.1) is 29.1 Å². The third-order valence-corrected chi connectivity index (χ3v) is 1.42. The molecular weight excluding hydrogens is 247 g/mol. The first-order valence-electron chi connectivity index (χ1n) is 4.54. The van der Waals surface area contributed by atoms with Gasteiger partial charge in [-0.1, -0.05) is 20.3 Å². The zero-order valence-electron chi connectivity index (χ0n) is 8.95. The van der Waals surface area contributed by atoms with Gasteiger partial charge in [-0.05, 0) is 0 Å². The lowest BCUT2D eigenvalue weighted by Gasteiger charge is -2.03. The van der Waals surface area contributed by atoms with E-state index in [0.717, 1.165) is 0 Å². The molecule has 7 heteroatoms. The molecule has 0 bridgehead atoms. The number of rotatable bonds is 1. The van der Waals surface area contributed by atoms with Crippen LogP contribution in [0.25, 0.3) is 0 Å². The van der Waals surface area contributed by atoms with E-state index in [1.54, 1.807) is 0 Å². The van der Waals surface area contributed by atoms with E-state index in [-0.39, 0.29) is 0 Å². The van der Waals surface area contributed by atoms with Crippen molar-refractivity contribution >= 4 is 5.97 Å². The molecule has 0 amide bonds. The fourth-order valence-electron chi connectivity index (χ4n) is 0.793. The number of aromatic carboxylic acids is 1. The Hall–Kier alpha value is -1.66. The van der Waals surface area contributed by atoms with Gasteiger partial charge in [0.05, 0.1) is 0 Å². The summed E-state index contributed by atoms with van der Waals surface area (Å²) in [6, 6.07) is 0. The molecule has 0 spiro atoms. The molecule has 1 N–H and O–H groups in total. The van der Waals surface area contributed by atoms with Gasteiger partial charge in [0.1, 0.15) is 5.56 Å². The maximum absolute atomic E-state index is 12.6. The quantitative estimate of drug-likeness (QED) is 0.474. The van der Waals surface area contributed by atoms with Gasteiger partial charge in [0.15, 0.2) is 23.3 Å². The molecule has 0 saturated carbocycles. The minimum Gasteiger partial charge on any atom is -0.477 e. The number of carbonyl (C=O) groups is 1. The van der Waals surface area contributed by atoms with Gasteiger partial charge in [-0.3, -0.25) is 0 Å². The molecule has 2 nitrogen and oxygen atoms in total. The average Bonchev–Trinajstić information content (AvgIpc) is 2.24. The maximum Gasteiger partial charge on any atom is 0.341 e. The normalized spacial score (nSPS) is 9.59. The summed E-state index contributed by atoms with van der Waals surface area (Å²) < 4.78 is 62.1. The minimum atomic E-state index is -2.38. The third-order valence-electron chi connectivity index (χ3n) is 1.42. The van der Waals surface area contributed by atoms with Crippen LogP contribution in [0.1, 0.15) is 30.6 Å². The fraction of sp³-hybridized carbons (Fsp3) is 0.300. The molecule has 0 saturated heterocycles. The SMILES string of the molecule is CCC.O=C(O)c1c(F)c(F)c(F)c(F)c1F. The maximum atomic E-state index is 12.6. The first-order chi connectivity index (χ1) is 7.79. The second-order valence-electron chi connectivity index (χ2n) is 2.96. The molecule has 1 aromatic carbocycles. The number of halogens is 5. The molecule has 0 aliphatic carbocycles. The smallest absolute Gasteiger partial charge is 0.341 e. The summed E-state index contributed by atoms with van der Waals surface area (Å²) in [5.74, 6) is -13.9. The molecule has 0 heterocycles. The Morgan fingerprint density at radius 2 is 1.12 bits per heavy atom. The molecule has 1 rings (SSSR count). The van der Waals surface area contributed by atoms with Crippen molar-refractivity contribution in [2.45, 2.75) is 20.3 Å². The van der Waals surface area contributed by atoms with E-state index in [0.29, 0.717) is 0 Å². The van der Waals surface area contributed by atoms with Gasteiger partial charge in [0.2, 0.25) is 5.82 Å². The molecule has 0 atom stereocenters. The molecule has 0 aliphatic heterocycles. The van der Waals surface area contributed by atoms with Gasteiger partial charge in [0.25, 0.3) is 0 Å². The number of carboxylic acid groups (broad SMARTS) is 1. The van der Waals surface area contributed by atoms with Crippen molar-refractivity contribution in [3.8, 4) is 0 Å². The Morgan fingerprint density at radius 3 is 1.35 bits per heavy atom. The number of benzene rings is 1. The van der Waals surface area contributed by atoms with E-state index in [1.165, 1.54) is 6.42 Å². The van der Waals surface area contributed by atoms with E-state index >= 15 is 0 Å². The summed E-state index contributed by atoms with van der Waals surface area (Å²) in [6.45, 7) is 4.25. The van der Waals surface area contributed by atoms with Crippen molar-refractivity contribution < 1.29 is 31.9 Å². The number of hydrogen-bond acceptors (Lipinski definition) is 1. The van der Waals surface area contributed by atoms with Crippen LogP contribution in [-0.4, -0.2) is 11.1 Å². The molecular formula is C10H9F5O2. The topological polar surface area (TPSA) is 37.3 Å². The lowest BCUT2D eigenvalue weighted by Crippen LogP contribution is -2.11. The van der Waals surface area contributed by atoms with Gasteiger partial charge in [0, 0.05) is 0 Å². The Kier molecular flexibility index (Phi) is 5.57. The predicted molar refractivity (Wildman–Crippen MR) is 49.2 cm³/mol. The van der Waals surface area contributed by atoms with Crippen molar-refractivity contribution in [2.24, 2.45) is 0 Å². The minimum absolute atomic E-state index is 1.25. The van der Waals surface area contributed by atoms with Crippen molar-refractivity contribution in [3.63, 3.8) is 0 Å². The molecule has 0 radical (unpaired) electrons. The van der Waals surface area contributed by atoms with Crippen LogP contribution in [0.5, 0.6) is 0 Å². The summed E-state index contributed by atoms with van der Waals surface area (Å²) in [4.78, 5) is 10.1. The average molecular weight is 256 g/mol. The van der Waals surface area contributed by atoms with Gasteiger partial charge < -0.3 is 5.11 Å². The van der Waals surface area contributed by atoms with Gasteiger partial charge in [-0.25, -0.2) is 26.7 Å². The van der Waals surface area contributed by atoms with Crippen molar-refractivity contribution in [3.05, 3.63) is 34.6 Å². The Bertz CT molecular complexity index is 402. The summed E-state index contributed by atoms with van der Waals surface area (Å²) in [5.41, 5.74) is -1.86. The van der Waals surface area contributed by atoms with Crippen LogP contribution < -0.4 is 0 Å². The van der Waals surface area contributed by atoms with E-state index in [4.69, 9.17) is 5.11 Å². The molecule has 17 heavy (non-hydrogen) atoms. The van der Waals surface area contributed by atoms with Crippen LogP contribution in [0.3, 0.4) is 0 Å². The largest absolute Gasteiger partial charge is 0.477 e. The molecule has 0 unspecified atom stereocenters. The summed E-state index contributed by atoms with van der Waals surface area (Å²) in [5, 5.41) is 8.15. The van der Waals surface area contributed by atoms with E-state index in [1.807, 2.05) is 0 Å². The third kappa shape index (κ3) is 3.15. The second-order valence-corrected chi connectivity index (χ2v) is 2.96. The lowest BCUT2D eigenvalue weighted by atomic mass is 10.1. The van der Waals surface area contributed by atoms with Crippen molar-refractivity contribution in [1.82, 2.24) is 0 Å². The lowest BCUT2D eigenvalue weighted by molar-refractivity contribution is 0.0682. The van der Waals surface area contributed by atoms with E-state index < -0.39 is 40.6 Å². The highest BCUT2D eigenvalue weighted by Gasteiger charge is 2.29. The van der Waals surface area contributed by atoms with E-state index in [2.05, 4.69) is 13.8 Å². The highest BCUT2D eigenvalue weighted by Crippen LogP contribution is 2.22. The standard InChI is InChI=1S/C7HF5O2.C3H8/c8-2-1(7(13)14)3(9)5(11)6(12)4(2)10;1-3-2/h(H,13,14);3H2,1-2H3. The zero-order valence-corrected chi connectivity index (χ0v) is 8.95. The highest BCUT2D eigenvalue weighted by atomic mass is 19.2. The number of carboxylic acids is 1. The summed E-state index contributed by atoms with van der Waals surface area (Å²) >= 11 is 0. The van der Waals surface area contributed by atoms with Crippen LogP contribution in [0.2, 0.25) is 0 Å². The van der Waals surface area contributed by atoms with Crippen LogP contribution in [0.15, 0.2) is 0 Å². The molecule has 0 aromatic heterocycles. The van der Waals surface area contributed by atoms with Crippen LogP contribution in [0.4, 0.5) is 22.0 Å². The monoisotopic (exact) mass is 256 g/mol. The molecule has 0 fully saturated rings. The molecule has 0 aliphatic rings. The van der Waals surface area contributed by atoms with Crippen LogP contribution in [-0.2, 0) is 0 Å². The Balaban J connectivity index is 0.000000770. The molecule has 1 aromatic rings. The first kappa shape index (κ1) is 15.3. The predicted octanol–water partition coefficient (Wildman–Crippen LogP) is 3.50. The molecule has 96 valence electrons. The van der Waals surface area contributed by atoms with Crippen LogP contribution >= 0.6 is 0 Å². The summed E-state index contributed by atoms with van der Waals surface area (Å²) in [6.07, 6.45) is 1.25.